The number of anilines is 2. The molecule has 1 aliphatic heterocycles. The van der Waals surface area contributed by atoms with Gasteiger partial charge in [-0.05, 0) is 56.3 Å². The predicted molar refractivity (Wildman–Crippen MR) is 116 cm³/mol. The van der Waals surface area contributed by atoms with Gasteiger partial charge in [0.1, 0.15) is 11.8 Å². The largest absolute Gasteiger partial charge is 0.495 e. The fraction of sp³-hybridized carbons (Fsp3) is 0.318. The standard InChI is InChI=1S/C22H23ClN4O3/c1-30-20-5-3-2-4-19(20)26-22(29)15-8-10-27(11-9-15)14-21(28)25-17-7-6-16(13-24)18(23)12-17/h2-7,12,15H,8-11,14H2,1H3,(H,25,28)(H,26,29). The van der Waals surface area contributed by atoms with Gasteiger partial charge in [-0.15, -0.1) is 0 Å². The molecule has 0 spiro atoms. The summed E-state index contributed by atoms with van der Waals surface area (Å²) in [6.45, 7) is 1.55. The molecule has 3 rings (SSSR count). The maximum Gasteiger partial charge on any atom is 0.238 e. The fourth-order valence-electron chi connectivity index (χ4n) is 3.42. The number of nitrogens with zero attached hydrogens (tertiary/aromatic N) is 2. The van der Waals surface area contributed by atoms with Gasteiger partial charge in [0.05, 0.1) is 29.9 Å². The first-order chi connectivity index (χ1) is 14.5. The average molecular weight is 427 g/mol. The number of ether oxygens (including phenoxy) is 1. The van der Waals surface area contributed by atoms with Crippen LogP contribution in [0.1, 0.15) is 18.4 Å². The molecule has 0 atom stereocenters. The molecular formula is C22H23ClN4O3. The van der Waals surface area contributed by atoms with Crippen molar-refractivity contribution in [3.8, 4) is 11.8 Å². The second-order valence-electron chi connectivity index (χ2n) is 7.09. The first kappa shape index (κ1) is 21.6. The van der Waals surface area contributed by atoms with Gasteiger partial charge in [0.15, 0.2) is 0 Å². The zero-order valence-electron chi connectivity index (χ0n) is 16.7. The summed E-state index contributed by atoms with van der Waals surface area (Å²) < 4.78 is 5.27. The van der Waals surface area contributed by atoms with E-state index in [1.165, 1.54) is 0 Å². The molecule has 1 fully saturated rings. The molecule has 1 heterocycles. The van der Waals surface area contributed by atoms with Gasteiger partial charge < -0.3 is 15.4 Å². The number of carbonyl (C=O) groups is 2. The molecule has 0 radical (unpaired) electrons. The molecule has 1 aliphatic rings. The van der Waals surface area contributed by atoms with Crippen molar-refractivity contribution in [1.82, 2.24) is 4.90 Å². The van der Waals surface area contributed by atoms with Crippen LogP contribution in [-0.2, 0) is 9.59 Å². The Balaban J connectivity index is 1.47. The minimum atomic E-state index is -0.160. The SMILES string of the molecule is COc1ccccc1NC(=O)C1CCN(CC(=O)Nc2ccc(C#N)c(Cl)c2)CC1. The van der Waals surface area contributed by atoms with Crippen LogP contribution in [0.4, 0.5) is 11.4 Å². The Labute approximate surface area is 180 Å². The third-order valence-corrected chi connectivity index (χ3v) is 5.38. The van der Waals surface area contributed by atoms with Crippen molar-refractivity contribution in [2.45, 2.75) is 12.8 Å². The molecule has 7 nitrogen and oxygen atoms in total. The molecule has 0 aliphatic carbocycles. The van der Waals surface area contributed by atoms with Gasteiger partial charge in [-0.1, -0.05) is 23.7 Å². The van der Waals surface area contributed by atoms with Crippen LogP contribution in [0.3, 0.4) is 0 Å². The Morgan fingerprint density at radius 1 is 1.20 bits per heavy atom. The quantitative estimate of drug-likeness (QED) is 0.737. The molecule has 2 aromatic carbocycles. The number of piperidine rings is 1. The number of para-hydroxylation sites is 2. The fourth-order valence-corrected chi connectivity index (χ4v) is 3.65. The number of amides is 2. The number of rotatable bonds is 6. The Bertz CT molecular complexity index is 965. The van der Waals surface area contributed by atoms with E-state index in [1.807, 2.05) is 29.2 Å². The highest BCUT2D eigenvalue weighted by molar-refractivity contribution is 6.32. The van der Waals surface area contributed by atoms with E-state index >= 15 is 0 Å². The van der Waals surface area contributed by atoms with Crippen molar-refractivity contribution in [1.29, 1.82) is 5.26 Å². The highest BCUT2D eigenvalue weighted by Gasteiger charge is 2.26. The van der Waals surface area contributed by atoms with Crippen LogP contribution in [0, 0.1) is 17.2 Å². The zero-order valence-corrected chi connectivity index (χ0v) is 17.4. The van der Waals surface area contributed by atoms with Crippen LogP contribution in [-0.4, -0.2) is 43.5 Å². The number of benzene rings is 2. The van der Waals surface area contributed by atoms with Gasteiger partial charge in [-0.25, -0.2) is 0 Å². The first-order valence-corrected chi connectivity index (χ1v) is 10.0. The monoisotopic (exact) mass is 426 g/mol. The first-order valence-electron chi connectivity index (χ1n) is 9.66. The molecule has 0 aromatic heterocycles. The number of nitrogens with one attached hydrogen (secondary N) is 2. The molecule has 0 bridgehead atoms. The van der Waals surface area contributed by atoms with Gasteiger partial charge in [0, 0.05) is 11.6 Å². The van der Waals surface area contributed by atoms with Crippen molar-refractivity contribution >= 4 is 34.8 Å². The summed E-state index contributed by atoms with van der Waals surface area (Å²) in [4.78, 5) is 26.9. The van der Waals surface area contributed by atoms with Gasteiger partial charge in [-0.3, -0.25) is 14.5 Å². The molecule has 0 saturated carbocycles. The Kier molecular flexibility index (Phi) is 7.28. The number of likely N-dealkylation sites (tertiary alicyclic amines) is 1. The molecular weight excluding hydrogens is 404 g/mol. The lowest BCUT2D eigenvalue weighted by Gasteiger charge is -2.30. The lowest BCUT2D eigenvalue weighted by atomic mass is 9.95. The van der Waals surface area contributed by atoms with Gasteiger partial charge >= 0.3 is 0 Å². The van der Waals surface area contributed by atoms with Crippen LogP contribution in [0.2, 0.25) is 5.02 Å². The van der Waals surface area contributed by atoms with E-state index in [1.54, 1.807) is 31.4 Å². The minimum absolute atomic E-state index is 0.0316. The lowest BCUT2D eigenvalue weighted by molar-refractivity contribution is -0.121. The normalized spacial score (nSPS) is 14.6. The van der Waals surface area contributed by atoms with Crippen molar-refractivity contribution in [2.75, 3.05) is 37.4 Å². The summed E-state index contributed by atoms with van der Waals surface area (Å²) in [6.07, 6.45) is 1.36. The molecule has 8 heteroatoms. The average Bonchev–Trinajstić information content (AvgIpc) is 2.74. The van der Waals surface area contributed by atoms with E-state index in [0.717, 1.165) is 0 Å². The molecule has 1 saturated heterocycles. The van der Waals surface area contributed by atoms with Crippen LogP contribution >= 0.6 is 11.6 Å². The number of carbonyl (C=O) groups excluding carboxylic acids is 2. The summed E-state index contributed by atoms with van der Waals surface area (Å²) in [6, 6.07) is 14.1. The zero-order chi connectivity index (χ0) is 21.5. The van der Waals surface area contributed by atoms with Crippen molar-refractivity contribution < 1.29 is 14.3 Å². The second-order valence-corrected chi connectivity index (χ2v) is 7.50. The Morgan fingerprint density at radius 2 is 1.93 bits per heavy atom. The van der Waals surface area contributed by atoms with Gasteiger partial charge in [0.25, 0.3) is 0 Å². The molecule has 0 unspecified atom stereocenters. The van der Waals surface area contributed by atoms with E-state index in [2.05, 4.69) is 10.6 Å². The Morgan fingerprint density at radius 3 is 2.60 bits per heavy atom. The van der Waals surface area contributed by atoms with E-state index in [0.29, 0.717) is 53.6 Å². The van der Waals surface area contributed by atoms with Crippen LogP contribution in [0.5, 0.6) is 5.75 Å². The number of methoxy groups -OCH3 is 1. The van der Waals surface area contributed by atoms with E-state index in [9.17, 15) is 9.59 Å². The smallest absolute Gasteiger partial charge is 0.238 e. The lowest BCUT2D eigenvalue weighted by Crippen LogP contribution is -2.41. The summed E-state index contributed by atoms with van der Waals surface area (Å²) in [7, 11) is 1.57. The third kappa shape index (κ3) is 5.50. The molecule has 156 valence electrons. The third-order valence-electron chi connectivity index (χ3n) is 5.06. The summed E-state index contributed by atoms with van der Waals surface area (Å²) in [5.41, 5.74) is 1.58. The minimum Gasteiger partial charge on any atom is -0.495 e. The van der Waals surface area contributed by atoms with Crippen LogP contribution in [0.25, 0.3) is 0 Å². The van der Waals surface area contributed by atoms with E-state index in [-0.39, 0.29) is 24.3 Å². The highest BCUT2D eigenvalue weighted by Crippen LogP contribution is 2.26. The highest BCUT2D eigenvalue weighted by atomic mass is 35.5. The molecule has 2 N–H and O–H groups in total. The topological polar surface area (TPSA) is 94.5 Å². The van der Waals surface area contributed by atoms with Crippen molar-refractivity contribution in [3.63, 3.8) is 0 Å². The predicted octanol–water partition coefficient (Wildman–Crippen LogP) is 3.51. The second kappa shape index (κ2) is 10.1. The Hall–Kier alpha value is -3.08. The summed E-state index contributed by atoms with van der Waals surface area (Å²) in [5.74, 6) is 0.331. The van der Waals surface area contributed by atoms with Gasteiger partial charge in [0.2, 0.25) is 11.8 Å². The summed E-state index contributed by atoms with van der Waals surface area (Å²) >= 11 is 6.00. The number of nitriles is 1. The van der Waals surface area contributed by atoms with Crippen LogP contribution in [0.15, 0.2) is 42.5 Å². The summed E-state index contributed by atoms with van der Waals surface area (Å²) in [5, 5.41) is 14.9. The van der Waals surface area contributed by atoms with Gasteiger partial charge in [-0.2, -0.15) is 5.26 Å². The molecule has 2 amide bonds. The number of hydrogen-bond acceptors (Lipinski definition) is 5. The number of hydrogen-bond donors (Lipinski definition) is 2. The maximum atomic E-state index is 12.6. The van der Waals surface area contributed by atoms with Crippen LogP contribution < -0.4 is 15.4 Å². The number of halogens is 1. The van der Waals surface area contributed by atoms with E-state index in [4.69, 9.17) is 21.6 Å². The molecule has 2 aromatic rings. The van der Waals surface area contributed by atoms with Crippen molar-refractivity contribution in [3.05, 3.63) is 53.1 Å². The van der Waals surface area contributed by atoms with E-state index < -0.39 is 0 Å². The maximum absolute atomic E-state index is 12.6. The van der Waals surface area contributed by atoms with Crippen molar-refractivity contribution in [2.24, 2.45) is 5.92 Å². The molecule has 30 heavy (non-hydrogen) atoms.